The van der Waals surface area contributed by atoms with Crippen LogP contribution >= 0.6 is 0 Å². The first-order valence-electron chi connectivity index (χ1n) is 4.65. The maximum atomic E-state index is 13.1. The number of anilines is 1. The van der Waals surface area contributed by atoms with E-state index in [-0.39, 0.29) is 5.56 Å². The van der Waals surface area contributed by atoms with Gasteiger partial charge in [0.15, 0.2) is 0 Å². The molecule has 5 N–H and O–H groups in total. The van der Waals surface area contributed by atoms with Gasteiger partial charge in [-0.2, -0.15) is 0 Å². The first-order valence-corrected chi connectivity index (χ1v) is 4.65. The molecular weight excluding hydrogens is 236 g/mol. The van der Waals surface area contributed by atoms with E-state index in [0.717, 1.165) is 12.1 Å². The molecule has 0 aliphatic rings. The third-order valence-electron chi connectivity index (χ3n) is 2.19. The van der Waals surface area contributed by atoms with Crippen molar-refractivity contribution in [3.63, 3.8) is 0 Å². The number of carboxylic acids is 1. The van der Waals surface area contributed by atoms with Gasteiger partial charge < -0.3 is 21.1 Å². The minimum absolute atomic E-state index is 0.275. The van der Waals surface area contributed by atoms with E-state index in [1.165, 1.54) is 0 Å². The van der Waals surface area contributed by atoms with Crippen molar-refractivity contribution in [1.82, 2.24) is 0 Å². The molecular formula is C10H11F2NO4. The lowest BCUT2D eigenvalue weighted by molar-refractivity contribution is -0.141. The molecule has 0 aromatic heterocycles. The maximum Gasteiger partial charge on any atom is 0.306 e. The average Bonchev–Trinajstić information content (AvgIpc) is 2.23. The molecule has 2 unspecified atom stereocenters. The van der Waals surface area contributed by atoms with E-state index in [1.54, 1.807) is 0 Å². The normalized spacial score (nSPS) is 14.4. The van der Waals surface area contributed by atoms with Crippen molar-refractivity contribution in [2.75, 3.05) is 5.73 Å². The van der Waals surface area contributed by atoms with Crippen LogP contribution < -0.4 is 5.73 Å². The standard InChI is InChI=1S/C10H11F2NO4/c11-5-1-4(2-6(12)9(5)13)10(17)7(14)3-8(15)16/h1-2,7,10,14,17H,3,13H2,(H,15,16). The smallest absolute Gasteiger partial charge is 0.306 e. The minimum Gasteiger partial charge on any atom is -0.481 e. The Morgan fingerprint density at radius 1 is 1.29 bits per heavy atom. The van der Waals surface area contributed by atoms with Gasteiger partial charge in [-0.05, 0) is 17.7 Å². The van der Waals surface area contributed by atoms with E-state index in [0.29, 0.717) is 0 Å². The number of nitrogens with two attached hydrogens (primary N) is 1. The molecule has 2 atom stereocenters. The molecule has 94 valence electrons. The van der Waals surface area contributed by atoms with Gasteiger partial charge in [0.25, 0.3) is 0 Å². The molecule has 0 fully saturated rings. The highest BCUT2D eigenvalue weighted by Gasteiger charge is 2.23. The predicted octanol–water partition coefficient (Wildman–Crippen LogP) is 0.416. The first-order chi connectivity index (χ1) is 7.82. The summed E-state index contributed by atoms with van der Waals surface area (Å²) < 4.78 is 26.1. The number of hydrogen-bond acceptors (Lipinski definition) is 4. The van der Waals surface area contributed by atoms with Crippen molar-refractivity contribution in [3.05, 3.63) is 29.3 Å². The fourth-order valence-corrected chi connectivity index (χ4v) is 1.29. The Hall–Kier alpha value is -1.73. The van der Waals surface area contributed by atoms with Crippen molar-refractivity contribution in [2.45, 2.75) is 18.6 Å². The Bertz CT molecular complexity index is 415. The van der Waals surface area contributed by atoms with Crippen molar-refractivity contribution >= 4 is 11.7 Å². The number of hydrogen-bond donors (Lipinski definition) is 4. The van der Waals surface area contributed by atoms with Crippen LogP contribution in [0.15, 0.2) is 12.1 Å². The molecule has 7 heteroatoms. The maximum absolute atomic E-state index is 13.1. The molecule has 0 aliphatic carbocycles. The van der Waals surface area contributed by atoms with Crippen molar-refractivity contribution in [3.8, 4) is 0 Å². The number of rotatable bonds is 4. The number of carboxylic acid groups (broad SMARTS) is 1. The summed E-state index contributed by atoms with van der Waals surface area (Å²) in [5, 5.41) is 27.2. The number of halogens is 2. The Labute approximate surface area is 95.1 Å². The molecule has 0 bridgehead atoms. The van der Waals surface area contributed by atoms with Gasteiger partial charge in [0.05, 0.1) is 12.5 Å². The van der Waals surface area contributed by atoms with Gasteiger partial charge >= 0.3 is 5.97 Å². The van der Waals surface area contributed by atoms with E-state index in [4.69, 9.17) is 10.8 Å². The lowest BCUT2D eigenvalue weighted by atomic mass is 10.0. The van der Waals surface area contributed by atoms with Crippen LogP contribution in [0.5, 0.6) is 0 Å². The first kappa shape index (κ1) is 13.3. The van der Waals surface area contributed by atoms with Crippen LogP contribution in [0.2, 0.25) is 0 Å². The molecule has 1 rings (SSSR count). The number of aliphatic hydroxyl groups is 2. The molecule has 1 aromatic carbocycles. The molecule has 0 spiro atoms. The van der Waals surface area contributed by atoms with Crippen LogP contribution in [0.3, 0.4) is 0 Å². The SMILES string of the molecule is Nc1c(F)cc(C(O)C(O)CC(=O)O)cc1F. The Morgan fingerprint density at radius 3 is 2.18 bits per heavy atom. The van der Waals surface area contributed by atoms with Crippen LogP contribution in [-0.4, -0.2) is 27.4 Å². The Balaban J connectivity index is 2.96. The molecule has 0 aliphatic heterocycles. The Morgan fingerprint density at radius 2 is 1.76 bits per heavy atom. The molecule has 17 heavy (non-hydrogen) atoms. The number of carbonyl (C=O) groups is 1. The van der Waals surface area contributed by atoms with E-state index in [9.17, 15) is 23.8 Å². The summed E-state index contributed by atoms with van der Waals surface area (Å²) in [4.78, 5) is 10.3. The van der Waals surface area contributed by atoms with Crippen LogP contribution in [0.4, 0.5) is 14.5 Å². The Kier molecular flexibility index (Phi) is 3.97. The van der Waals surface area contributed by atoms with E-state index >= 15 is 0 Å². The molecule has 0 saturated carbocycles. The van der Waals surface area contributed by atoms with Crippen LogP contribution in [0, 0.1) is 11.6 Å². The second-order valence-electron chi connectivity index (χ2n) is 3.51. The van der Waals surface area contributed by atoms with Gasteiger partial charge in [0.2, 0.25) is 0 Å². The van der Waals surface area contributed by atoms with E-state index < -0.39 is 41.9 Å². The zero-order valence-electron chi connectivity index (χ0n) is 8.60. The van der Waals surface area contributed by atoms with Gasteiger partial charge in [0, 0.05) is 0 Å². The lowest BCUT2D eigenvalue weighted by Crippen LogP contribution is -2.22. The highest BCUT2D eigenvalue weighted by molar-refractivity contribution is 5.67. The summed E-state index contributed by atoms with van der Waals surface area (Å²) in [6, 6.07) is 1.49. The molecule has 1 aromatic rings. The van der Waals surface area contributed by atoms with Gasteiger partial charge in [0.1, 0.15) is 23.4 Å². The van der Waals surface area contributed by atoms with Crippen molar-refractivity contribution in [1.29, 1.82) is 0 Å². The summed E-state index contributed by atoms with van der Waals surface area (Å²) in [6.07, 6.45) is -4.10. The molecule has 0 saturated heterocycles. The molecule has 5 nitrogen and oxygen atoms in total. The monoisotopic (exact) mass is 247 g/mol. The van der Waals surface area contributed by atoms with Crippen LogP contribution in [-0.2, 0) is 4.79 Å². The van der Waals surface area contributed by atoms with Gasteiger partial charge in [-0.3, -0.25) is 4.79 Å². The average molecular weight is 247 g/mol. The second-order valence-corrected chi connectivity index (χ2v) is 3.51. The predicted molar refractivity (Wildman–Crippen MR) is 54.0 cm³/mol. The molecule has 0 heterocycles. The number of nitrogen functional groups attached to an aromatic ring is 1. The summed E-state index contributed by atoms with van der Waals surface area (Å²) in [7, 11) is 0. The third-order valence-corrected chi connectivity index (χ3v) is 2.19. The quantitative estimate of drug-likeness (QED) is 0.577. The van der Waals surface area contributed by atoms with E-state index in [1.807, 2.05) is 0 Å². The van der Waals surface area contributed by atoms with Crippen molar-refractivity contribution in [2.24, 2.45) is 0 Å². The highest BCUT2D eigenvalue weighted by Crippen LogP contribution is 2.24. The summed E-state index contributed by atoms with van der Waals surface area (Å²) in [6.45, 7) is 0. The summed E-state index contributed by atoms with van der Waals surface area (Å²) in [5.41, 5.74) is 4.04. The number of aliphatic carboxylic acids is 1. The largest absolute Gasteiger partial charge is 0.481 e. The highest BCUT2D eigenvalue weighted by atomic mass is 19.1. The molecule has 0 amide bonds. The van der Waals surface area contributed by atoms with Crippen LogP contribution in [0.1, 0.15) is 18.1 Å². The topological polar surface area (TPSA) is 104 Å². The minimum atomic E-state index is -1.70. The zero-order valence-corrected chi connectivity index (χ0v) is 8.60. The van der Waals surface area contributed by atoms with Crippen LogP contribution in [0.25, 0.3) is 0 Å². The van der Waals surface area contributed by atoms with Crippen molar-refractivity contribution < 1.29 is 28.9 Å². The summed E-state index contributed by atoms with van der Waals surface area (Å²) in [5.74, 6) is -3.50. The second kappa shape index (κ2) is 5.07. The fraction of sp³-hybridized carbons (Fsp3) is 0.300. The van der Waals surface area contributed by atoms with Gasteiger partial charge in [-0.15, -0.1) is 0 Å². The van der Waals surface area contributed by atoms with Gasteiger partial charge in [-0.25, -0.2) is 8.78 Å². The van der Waals surface area contributed by atoms with Gasteiger partial charge in [-0.1, -0.05) is 0 Å². The molecule has 0 radical (unpaired) electrons. The summed E-state index contributed by atoms with van der Waals surface area (Å²) >= 11 is 0. The lowest BCUT2D eigenvalue weighted by Gasteiger charge is -2.17. The zero-order chi connectivity index (χ0) is 13.2. The fourth-order valence-electron chi connectivity index (χ4n) is 1.29. The number of aliphatic hydroxyl groups excluding tert-OH is 2. The third kappa shape index (κ3) is 3.11. The number of benzene rings is 1. The van der Waals surface area contributed by atoms with E-state index in [2.05, 4.69) is 0 Å².